The average molecular weight is 327 g/mol. The summed E-state index contributed by atoms with van der Waals surface area (Å²) in [6.07, 6.45) is -0.398. The van der Waals surface area contributed by atoms with Gasteiger partial charge in [0, 0.05) is 5.56 Å². The van der Waals surface area contributed by atoms with Crippen LogP contribution in [0.25, 0.3) is 0 Å². The molecule has 2 aromatic rings. The van der Waals surface area contributed by atoms with Crippen molar-refractivity contribution >= 4 is 5.91 Å². The second-order valence-electron chi connectivity index (χ2n) is 4.79. The van der Waals surface area contributed by atoms with E-state index in [2.05, 4.69) is 4.74 Å². The van der Waals surface area contributed by atoms with Crippen LogP contribution in [0.3, 0.4) is 0 Å². The molecule has 122 valence electrons. The fourth-order valence-electron chi connectivity index (χ4n) is 2.24. The molecule has 1 unspecified atom stereocenters. The van der Waals surface area contributed by atoms with Crippen molar-refractivity contribution in [1.29, 1.82) is 0 Å². The highest BCUT2D eigenvalue weighted by Crippen LogP contribution is 2.31. The van der Waals surface area contributed by atoms with E-state index in [4.69, 9.17) is 5.73 Å². The fraction of sp³-hybridized carbons (Fsp3) is 0.188. The van der Waals surface area contributed by atoms with Crippen molar-refractivity contribution in [2.24, 2.45) is 5.73 Å². The van der Waals surface area contributed by atoms with E-state index in [1.165, 1.54) is 0 Å². The summed E-state index contributed by atoms with van der Waals surface area (Å²) in [5.74, 6) is -4.89. The highest BCUT2D eigenvalue weighted by molar-refractivity contribution is 5.82. The summed E-state index contributed by atoms with van der Waals surface area (Å²) in [5, 5.41) is 0. The van der Waals surface area contributed by atoms with Crippen molar-refractivity contribution in [1.82, 2.24) is 0 Å². The van der Waals surface area contributed by atoms with E-state index in [0.29, 0.717) is 11.6 Å². The Labute approximate surface area is 129 Å². The normalized spacial score (nSPS) is 12.2. The van der Waals surface area contributed by atoms with E-state index in [0.717, 1.165) is 6.07 Å². The molecule has 0 aliphatic rings. The lowest BCUT2D eigenvalue weighted by atomic mass is 9.90. The number of ether oxygens (including phenoxy) is 1. The molecule has 2 N–H and O–H groups in total. The molecular formula is C16H13F4NO2. The fourth-order valence-corrected chi connectivity index (χ4v) is 2.24. The van der Waals surface area contributed by atoms with Gasteiger partial charge < -0.3 is 10.5 Å². The number of carbonyl (C=O) groups is 1. The highest BCUT2D eigenvalue weighted by Gasteiger charge is 2.25. The Balaban J connectivity index is 2.43. The van der Waals surface area contributed by atoms with Crippen LogP contribution in [-0.2, 0) is 11.2 Å². The van der Waals surface area contributed by atoms with Crippen LogP contribution in [0.1, 0.15) is 17.0 Å². The summed E-state index contributed by atoms with van der Waals surface area (Å²) in [6, 6.07) is 9.73. The molecule has 0 aromatic heterocycles. The number of primary amides is 1. The summed E-state index contributed by atoms with van der Waals surface area (Å²) in [5.41, 5.74) is 5.32. The van der Waals surface area contributed by atoms with E-state index in [1.54, 1.807) is 30.3 Å². The first-order valence-electron chi connectivity index (χ1n) is 6.66. The minimum absolute atomic E-state index is 0.398. The van der Waals surface area contributed by atoms with Crippen LogP contribution in [0.15, 0.2) is 42.5 Å². The van der Waals surface area contributed by atoms with Crippen LogP contribution >= 0.6 is 0 Å². The third-order valence-corrected chi connectivity index (χ3v) is 3.32. The van der Waals surface area contributed by atoms with Gasteiger partial charge in [-0.3, -0.25) is 4.79 Å². The second kappa shape index (κ2) is 7.13. The smallest absolute Gasteiger partial charge is 0.387 e. The molecule has 3 nitrogen and oxygen atoms in total. The standard InChI is InChI=1S/C16H13F4NO2/c17-12-6-7-13(23-16(19)20)11(14(12)18)8-10(15(21)22)9-4-2-1-3-5-9/h1-7,10,16H,8H2,(H2,21,22). The number of halogens is 4. The Hall–Kier alpha value is -2.57. The third kappa shape index (κ3) is 4.00. The minimum Gasteiger partial charge on any atom is -0.434 e. The zero-order valence-corrected chi connectivity index (χ0v) is 11.8. The molecule has 0 heterocycles. The molecule has 0 spiro atoms. The minimum atomic E-state index is -3.21. The molecule has 0 radical (unpaired) electrons. The summed E-state index contributed by atoms with van der Waals surface area (Å²) in [7, 11) is 0. The molecule has 2 rings (SSSR count). The van der Waals surface area contributed by atoms with E-state index in [-0.39, 0.29) is 0 Å². The Morgan fingerprint density at radius 3 is 2.30 bits per heavy atom. The van der Waals surface area contributed by atoms with Gasteiger partial charge in [-0.2, -0.15) is 8.78 Å². The first-order valence-corrected chi connectivity index (χ1v) is 6.66. The van der Waals surface area contributed by atoms with Crippen molar-refractivity contribution < 1.29 is 27.1 Å². The molecule has 0 saturated heterocycles. The maximum absolute atomic E-state index is 14.0. The number of carbonyl (C=O) groups excluding carboxylic acids is 1. The maximum Gasteiger partial charge on any atom is 0.387 e. The zero-order valence-electron chi connectivity index (χ0n) is 11.8. The third-order valence-electron chi connectivity index (χ3n) is 3.32. The number of alkyl halides is 2. The van der Waals surface area contributed by atoms with Crippen molar-refractivity contribution in [2.45, 2.75) is 19.0 Å². The number of hydrogen-bond donors (Lipinski definition) is 1. The SMILES string of the molecule is NC(=O)C(Cc1c(OC(F)F)ccc(F)c1F)c1ccccc1. The lowest BCUT2D eigenvalue weighted by Gasteiger charge is -2.17. The van der Waals surface area contributed by atoms with Gasteiger partial charge in [-0.15, -0.1) is 0 Å². The van der Waals surface area contributed by atoms with Crippen LogP contribution in [0, 0.1) is 11.6 Å². The number of hydrogen-bond acceptors (Lipinski definition) is 2. The number of benzene rings is 2. The summed E-state index contributed by atoms with van der Waals surface area (Å²) < 4.78 is 56.5. The van der Waals surface area contributed by atoms with Gasteiger partial charge in [0.25, 0.3) is 0 Å². The molecule has 0 bridgehead atoms. The van der Waals surface area contributed by atoms with Crippen molar-refractivity contribution in [3.8, 4) is 5.75 Å². The Bertz CT molecular complexity index is 692. The molecular weight excluding hydrogens is 314 g/mol. The van der Waals surface area contributed by atoms with Gasteiger partial charge in [0.05, 0.1) is 5.92 Å². The van der Waals surface area contributed by atoms with Gasteiger partial charge in [0.1, 0.15) is 5.75 Å². The van der Waals surface area contributed by atoms with Gasteiger partial charge >= 0.3 is 6.61 Å². The molecule has 23 heavy (non-hydrogen) atoms. The Kier molecular flexibility index (Phi) is 5.20. The zero-order chi connectivity index (χ0) is 17.0. The van der Waals surface area contributed by atoms with Crippen molar-refractivity contribution in [2.75, 3.05) is 0 Å². The van der Waals surface area contributed by atoms with Crippen LogP contribution in [-0.4, -0.2) is 12.5 Å². The van der Waals surface area contributed by atoms with Crippen LogP contribution in [0.2, 0.25) is 0 Å². The molecule has 0 fully saturated rings. The molecule has 0 aliphatic carbocycles. The van der Waals surface area contributed by atoms with E-state index >= 15 is 0 Å². The maximum atomic E-state index is 14.0. The first-order chi connectivity index (χ1) is 10.9. The number of rotatable bonds is 6. The van der Waals surface area contributed by atoms with Gasteiger partial charge in [-0.05, 0) is 24.1 Å². The molecule has 0 aliphatic heterocycles. The topological polar surface area (TPSA) is 52.3 Å². The van der Waals surface area contributed by atoms with E-state index < -0.39 is 47.8 Å². The lowest BCUT2D eigenvalue weighted by Crippen LogP contribution is -2.24. The first kappa shape index (κ1) is 16.8. The Morgan fingerprint density at radius 1 is 1.09 bits per heavy atom. The predicted molar refractivity (Wildman–Crippen MR) is 75.1 cm³/mol. The molecule has 2 aromatic carbocycles. The van der Waals surface area contributed by atoms with E-state index in [1.807, 2.05) is 0 Å². The van der Waals surface area contributed by atoms with Crippen LogP contribution in [0.4, 0.5) is 17.6 Å². The molecule has 1 atom stereocenters. The van der Waals surface area contributed by atoms with Gasteiger partial charge in [-0.1, -0.05) is 30.3 Å². The second-order valence-corrected chi connectivity index (χ2v) is 4.79. The average Bonchev–Trinajstić information content (AvgIpc) is 2.51. The monoisotopic (exact) mass is 327 g/mol. The Morgan fingerprint density at radius 2 is 1.74 bits per heavy atom. The van der Waals surface area contributed by atoms with Crippen LogP contribution in [0.5, 0.6) is 5.75 Å². The number of nitrogens with two attached hydrogens (primary N) is 1. The predicted octanol–water partition coefficient (Wildman–Crippen LogP) is 3.38. The van der Waals surface area contributed by atoms with Crippen molar-refractivity contribution in [3.05, 3.63) is 65.2 Å². The quantitative estimate of drug-likeness (QED) is 0.827. The summed E-state index contributed by atoms with van der Waals surface area (Å²) in [4.78, 5) is 11.7. The van der Waals surface area contributed by atoms with E-state index in [9.17, 15) is 22.4 Å². The van der Waals surface area contributed by atoms with Crippen molar-refractivity contribution in [3.63, 3.8) is 0 Å². The lowest BCUT2D eigenvalue weighted by molar-refractivity contribution is -0.119. The molecule has 7 heteroatoms. The number of amides is 1. The molecule has 1 amide bonds. The molecule has 0 saturated carbocycles. The van der Waals surface area contributed by atoms with Gasteiger partial charge in [0.2, 0.25) is 5.91 Å². The summed E-state index contributed by atoms with van der Waals surface area (Å²) in [6.45, 7) is -3.21. The highest BCUT2D eigenvalue weighted by atomic mass is 19.3. The van der Waals surface area contributed by atoms with Gasteiger partial charge in [0.15, 0.2) is 11.6 Å². The largest absolute Gasteiger partial charge is 0.434 e. The van der Waals surface area contributed by atoms with Crippen LogP contribution < -0.4 is 10.5 Å². The van der Waals surface area contributed by atoms with Gasteiger partial charge in [-0.25, -0.2) is 8.78 Å². The summed E-state index contributed by atoms with van der Waals surface area (Å²) >= 11 is 0.